The maximum absolute atomic E-state index is 4.99. The van der Waals surface area contributed by atoms with E-state index in [1.165, 1.54) is 25.4 Å². The summed E-state index contributed by atoms with van der Waals surface area (Å²) in [5.41, 5.74) is 0. The minimum absolute atomic E-state index is 1.45. The van der Waals surface area contributed by atoms with Crippen molar-refractivity contribution in [2.75, 3.05) is 0 Å². The van der Waals surface area contributed by atoms with Crippen molar-refractivity contribution in [2.24, 2.45) is 0 Å². The predicted molar refractivity (Wildman–Crippen MR) is 24.1 cm³/mol. The van der Waals surface area contributed by atoms with Gasteiger partial charge in [-0.3, -0.25) is 0 Å². The van der Waals surface area contributed by atoms with Crippen molar-refractivity contribution in [3.8, 4) is 0 Å². The van der Waals surface area contributed by atoms with Crippen molar-refractivity contribution < 1.29 is 19.4 Å². The molecule has 0 aromatic heterocycles. The number of hydrogen-bond donors (Lipinski definition) is 0. The van der Waals surface area contributed by atoms with E-state index in [4.69, 9.17) is 6.58 Å². The summed E-state index contributed by atoms with van der Waals surface area (Å²) in [7, 11) is 0. The van der Waals surface area contributed by atoms with Gasteiger partial charge in [0.2, 0.25) is 0 Å². The van der Waals surface area contributed by atoms with E-state index >= 15 is 0 Å². The Morgan fingerprint density at radius 2 is 2.00 bits per heavy atom. The second kappa shape index (κ2) is 5.04. The van der Waals surface area contributed by atoms with Crippen LogP contribution in [-0.4, -0.2) is 4.40 Å². The van der Waals surface area contributed by atoms with Crippen molar-refractivity contribution in [2.45, 2.75) is 0 Å². The molecule has 0 aromatic rings. The van der Waals surface area contributed by atoms with Crippen LogP contribution in [0.3, 0.4) is 0 Å². The van der Waals surface area contributed by atoms with Crippen LogP contribution in [0.5, 0.6) is 0 Å². The van der Waals surface area contributed by atoms with Gasteiger partial charge in [0.15, 0.2) is 0 Å². The molecule has 0 atom stereocenters. The molecular formula is C5H5W-. The van der Waals surface area contributed by atoms with Gasteiger partial charge in [0.1, 0.15) is 0 Å². The van der Waals surface area contributed by atoms with Gasteiger partial charge in [-0.1, -0.05) is 0 Å². The molecule has 0 nitrogen and oxygen atoms in total. The normalized spacial score (nSPS) is 8.67. The fraction of sp³-hybridized carbons (Fsp3) is 0. The van der Waals surface area contributed by atoms with Crippen LogP contribution in [0, 0.1) is 6.58 Å². The zero-order valence-corrected chi connectivity index (χ0v) is 6.23. The first-order chi connectivity index (χ1) is 2.91. The minimum atomic E-state index is 1.45. The van der Waals surface area contributed by atoms with E-state index in [2.05, 4.69) is 0 Å². The quantitative estimate of drug-likeness (QED) is 0.503. The Morgan fingerprint density at radius 1 is 1.33 bits per heavy atom. The van der Waals surface area contributed by atoms with E-state index in [9.17, 15) is 0 Å². The van der Waals surface area contributed by atoms with Crippen LogP contribution >= 0.6 is 0 Å². The van der Waals surface area contributed by atoms with Gasteiger partial charge in [0.05, 0.1) is 0 Å². The Balaban J connectivity index is 3.17. The first kappa shape index (κ1) is 6.04. The van der Waals surface area contributed by atoms with E-state index in [1.54, 1.807) is 6.08 Å². The molecule has 32 valence electrons. The molecule has 1 heteroatoms. The molecule has 0 N–H and O–H groups in total. The number of allylic oxidation sites excluding steroid dienone is 3. The molecule has 0 aliphatic rings. The van der Waals surface area contributed by atoms with E-state index in [-0.39, 0.29) is 0 Å². The first-order valence-corrected chi connectivity index (χ1v) is 3.26. The Hall–Kier alpha value is 0.0383. The van der Waals surface area contributed by atoms with Crippen LogP contribution in [0.2, 0.25) is 0 Å². The van der Waals surface area contributed by atoms with E-state index in [1.807, 2.05) is 10.5 Å². The molecule has 6 heavy (non-hydrogen) atoms. The first-order valence-electron chi connectivity index (χ1n) is 1.57. The summed E-state index contributed by atoms with van der Waals surface area (Å²) in [5, 5.41) is 0. The molecule has 0 saturated carbocycles. The van der Waals surface area contributed by atoms with Gasteiger partial charge in [-0.05, 0) is 0 Å². The third-order valence-corrected chi connectivity index (χ3v) is 0.865. The van der Waals surface area contributed by atoms with Gasteiger partial charge < -0.3 is 0 Å². The third kappa shape index (κ3) is 4.04. The molecular weight excluding hydrogens is 244 g/mol. The van der Waals surface area contributed by atoms with E-state index in [0.717, 1.165) is 0 Å². The summed E-state index contributed by atoms with van der Waals surface area (Å²) < 4.78 is 2.00. The number of rotatable bonds is 2. The topological polar surface area (TPSA) is 0 Å². The van der Waals surface area contributed by atoms with Crippen LogP contribution < -0.4 is 0 Å². The molecule has 0 saturated heterocycles. The zero-order chi connectivity index (χ0) is 4.83. The standard InChI is InChI=1S/C5H5.W/c1-3-5-4-2;/h1-5H;/q-1;/b5-3-;. The maximum atomic E-state index is 4.99. The Bertz CT molecular complexity index is 62.0. The summed E-state index contributed by atoms with van der Waals surface area (Å²) in [5.74, 6) is 0. The molecule has 0 heterocycles. The second-order valence-corrected chi connectivity index (χ2v) is 1.69. The van der Waals surface area contributed by atoms with E-state index in [0.29, 0.717) is 0 Å². The average Bonchev–Trinajstić information content (AvgIpc) is 1.61. The van der Waals surface area contributed by atoms with Gasteiger partial charge in [0.25, 0.3) is 0 Å². The Kier molecular flexibility index (Phi) is 5.07. The van der Waals surface area contributed by atoms with Crippen LogP contribution in [-0.2, 0) is 19.4 Å². The van der Waals surface area contributed by atoms with Crippen LogP contribution in [0.25, 0.3) is 0 Å². The molecule has 0 fully saturated rings. The van der Waals surface area contributed by atoms with Crippen molar-refractivity contribution in [1.29, 1.82) is 0 Å². The summed E-state index contributed by atoms with van der Waals surface area (Å²) in [6.07, 6.45) is 5.22. The van der Waals surface area contributed by atoms with Crippen LogP contribution in [0.1, 0.15) is 0 Å². The molecule has 0 unspecified atom stereocenters. The number of hydrogen-bond acceptors (Lipinski definition) is 0. The average molecular weight is 249 g/mol. The van der Waals surface area contributed by atoms with Gasteiger partial charge in [0, 0.05) is 0 Å². The van der Waals surface area contributed by atoms with Crippen molar-refractivity contribution in [3.05, 3.63) is 24.8 Å². The summed E-state index contributed by atoms with van der Waals surface area (Å²) in [6.45, 7) is 4.99. The van der Waals surface area contributed by atoms with Gasteiger partial charge in [-0.15, -0.1) is 0 Å². The molecule has 0 spiro atoms. The third-order valence-electron chi connectivity index (χ3n) is 0.301. The van der Waals surface area contributed by atoms with Crippen molar-refractivity contribution in [1.82, 2.24) is 0 Å². The molecule has 0 bridgehead atoms. The van der Waals surface area contributed by atoms with Crippen molar-refractivity contribution in [3.63, 3.8) is 0 Å². The fourth-order valence-corrected chi connectivity index (χ4v) is 0.435. The van der Waals surface area contributed by atoms with Crippen LogP contribution in [0.15, 0.2) is 18.2 Å². The molecule has 0 aromatic carbocycles. The monoisotopic (exact) mass is 249 g/mol. The molecule has 0 aliphatic heterocycles. The Morgan fingerprint density at radius 3 is 2.17 bits per heavy atom. The van der Waals surface area contributed by atoms with E-state index < -0.39 is 0 Å². The van der Waals surface area contributed by atoms with Gasteiger partial charge in [-0.25, -0.2) is 0 Å². The molecule has 0 rings (SSSR count). The molecule has 0 amide bonds. The Labute approximate surface area is 49.0 Å². The van der Waals surface area contributed by atoms with Gasteiger partial charge >= 0.3 is 48.6 Å². The van der Waals surface area contributed by atoms with Crippen molar-refractivity contribution >= 4 is 4.40 Å². The van der Waals surface area contributed by atoms with Gasteiger partial charge in [-0.2, -0.15) is 0 Å². The summed E-state index contributed by atoms with van der Waals surface area (Å²) in [4.78, 5) is 0. The predicted octanol–water partition coefficient (Wildman–Crippen LogP) is 0.881. The van der Waals surface area contributed by atoms with Crippen LogP contribution in [0.4, 0.5) is 0 Å². The summed E-state index contributed by atoms with van der Waals surface area (Å²) >= 11 is 1.45. The molecule has 0 aliphatic carbocycles. The SMILES string of the molecule is [CH-]=C/C=C\[CH]=[W]. The zero-order valence-electron chi connectivity index (χ0n) is 3.29. The second-order valence-electron chi connectivity index (χ2n) is 0.713. The molecule has 0 radical (unpaired) electrons. The summed E-state index contributed by atoms with van der Waals surface area (Å²) in [6, 6.07) is 0. The fourth-order valence-electron chi connectivity index (χ4n) is 0.110.